The second-order valence-corrected chi connectivity index (χ2v) is 12.4. The summed E-state index contributed by atoms with van der Waals surface area (Å²) in [5.74, 6) is -2.90. The summed E-state index contributed by atoms with van der Waals surface area (Å²) in [6, 6.07) is 2.90. The van der Waals surface area contributed by atoms with E-state index in [9.17, 15) is 28.8 Å². The van der Waals surface area contributed by atoms with Crippen molar-refractivity contribution < 1.29 is 57.2 Å². The highest BCUT2D eigenvalue weighted by atomic mass is 16.6. The van der Waals surface area contributed by atoms with E-state index in [0.717, 1.165) is 0 Å². The standard InChI is InChI=1S/C38H60N4O12/c1-7-49-33(43)19-16-30(36(46)52-10-4)40-22-24-41(31(37(47)53-11-5)17-20-34(44)50-8-2)26-28-14-13-15-29(39-28)27-42(25-23-40)32(38(48)54-12-6)18-21-35(45)51-9-3/h13-15,30-32H,7-12,16-27H2,1-6H3. The molecule has 0 spiro atoms. The van der Waals surface area contributed by atoms with Crippen LogP contribution in [0.5, 0.6) is 0 Å². The van der Waals surface area contributed by atoms with Crippen molar-refractivity contribution >= 4 is 35.8 Å². The molecule has 0 N–H and O–H groups in total. The Balaban J connectivity index is 2.69. The minimum Gasteiger partial charge on any atom is -0.466 e. The number of pyridine rings is 1. The first-order chi connectivity index (χ1) is 26.0. The quantitative estimate of drug-likeness (QED) is 0.132. The Bertz CT molecular complexity index is 1270. The van der Waals surface area contributed by atoms with Gasteiger partial charge in [-0.05, 0) is 72.9 Å². The van der Waals surface area contributed by atoms with Crippen molar-refractivity contribution in [3.63, 3.8) is 0 Å². The minimum absolute atomic E-state index is 0.0218. The fourth-order valence-electron chi connectivity index (χ4n) is 6.28. The van der Waals surface area contributed by atoms with Gasteiger partial charge in [-0.25, -0.2) is 0 Å². The smallest absolute Gasteiger partial charge is 0.323 e. The van der Waals surface area contributed by atoms with Gasteiger partial charge in [0.15, 0.2) is 0 Å². The van der Waals surface area contributed by atoms with E-state index >= 15 is 0 Å². The molecule has 3 unspecified atom stereocenters. The zero-order valence-electron chi connectivity index (χ0n) is 32.9. The van der Waals surface area contributed by atoms with Crippen molar-refractivity contribution in [1.82, 2.24) is 19.7 Å². The molecule has 2 heterocycles. The zero-order valence-corrected chi connectivity index (χ0v) is 32.9. The van der Waals surface area contributed by atoms with E-state index in [1.165, 1.54) is 0 Å². The number of ether oxygens (including phenoxy) is 6. The van der Waals surface area contributed by atoms with Crippen LogP contribution < -0.4 is 0 Å². The topological polar surface area (TPSA) is 180 Å². The SMILES string of the molecule is CCOC(=O)CCC(C(=O)OCC)N1CCN(C(CCC(=O)OCC)C(=O)OCC)Cc2cccc(n2)CN(C(CCC(=O)OCC)C(=O)OCC)CC1. The molecule has 0 amide bonds. The molecule has 16 heteroatoms. The summed E-state index contributed by atoms with van der Waals surface area (Å²) in [7, 11) is 0. The second kappa shape index (κ2) is 25.8. The predicted molar refractivity (Wildman–Crippen MR) is 195 cm³/mol. The third kappa shape index (κ3) is 16.1. The number of aromatic nitrogens is 1. The summed E-state index contributed by atoms with van der Waals surface area (Å²) < 4.78 is 31.9. The highest BCUT2D eigenvalue weighted by molar-refractivity contribution is 5.79. The predicted octanol–water partition coefficient (Wildman–Crippen LogP) is 2.83. The zero-order chi connectivity index (χ0) is 39.9. The summed E-state index contributed by atoms with van der Waals surface area (Å²) in [6.07, 6.45) is 0.240. The number of fused-ring (bicyclic) bond motifs is 2. The lowest BCUT2D eigenvalue weighted by Crippen LogP contribution is -2.52. The largest absolute Gasteiger partial charge is 0.466 e. The summed E-state index contributed by atoms with van der Waals surface area (Å²) in [5.41, 5.74) is 1.24. The first-order valence-electron chi connectivity index (χ1n) is 19.1. The Morgan fingerprint density at radius 2 is 0.796 bits per heavy atom. The number of nitrogens with zero attached hydrogens (tertiary/aromatic N) is 4. The number of hydrogen-bond acceptors (Lipinski definition) is 16. The first kappa shape index (κ1) is 46.0. The van der Waals surface area contributed by atoms with Crippen LogP contribution in [-0.4, -0.2) is 139 Å². The lowest BCUT2D eigenvalue weighted by molar-refractivity contribution is -0.155. The minimum atomic E-state index is -0.891. The second-order valence-electron chi connectivity index (χ2n) is 12.4. The summed E-state index contributed by atoms with van der Waals surface area (Å²) in [6.45, 7) is 12.4. The van der Waals surface area contributed by atoms with Crippen LogP contribution in [0.2, 0.25) is 0 Å². The molecule has 16 nitrogen and oxygen atoms in total. The van der Waals surface area contributed by atoms with Crippen LogP contribution in [0.25, 0.3) is 0 Å². The molecular weight excluding hydrogens is 704 g/mol. The third-order valence-corrected chi connectivity index (χ3v) is 8.72. The molecule has 54 heavy (non-hydrogen) atoms. The van der Waals surface area contributed by atoms with Crippen LogP contribution in [0.15, 0.2) is 18.2 Å². The molecular formula is C38H60N4O12. The molecule has 2 bridgehead atoms. The maximum absolute atomic E-state index is 13.6. The van der Waals surface area contributed by atoms with Crippen molar-refractivity contribution in [2.24, 2.45) is 0 Å². The highest BCUT2D eigenvalue weighted by Gasteiger charge is 2.35. The summed E-state index contributed by atoms with van der Waals surface area (Å²) in [4.78, 5) is 88.5. The van der Waals surface area contributed by atoms with Gasteiger partial charge in [-0.2, -0.15) is 0 Å². The fraction of sp³-hybridized carbons (Fsp3) is 0.711. The van der Waals surface area contributed by atoms with Crippen LogP contribution >= 0.6 is 0 Å². The average Bonchev–Trinajstić information content (AvgIpc) is 3.12. The van der Waals surface area contributed by atoms with Gasteiger partial charge >= 0.3 is 35.8 Å². The van der Waals surface area contributed by atoms with Gasteiger partial charge in [0.25, 0.3) is 0 Å². The van der Waals surface area contributed by atoms with E-state index in [1.54, 1.807) is 41.5 Å². The van der Waals surface area contributed by atoms with Gasteiger partial charge < -0.3 is 28.4 Å². The maximum Gasteiger partial charge on any atom is 0.323 e. The molecule has 1 aliphatic heterocycles. The van der Waals surface area contributed by atoms with E-state index in [1.807, 2.05) is 32.9 Å². The number of rotatable bonds is 21. The first-order valence-corrected chi connectivity index (χ1v) is 19.1. The van der Waals surface area contributed by atoms with Crippen LogP contribution in [0.1, 0.15) is 91.5 Å². The molecule has 0 fully saturated rings. The Morgan fingerprint density at radius 1 is 0.500 bits per heavy atom. The van der Waals surface area contributed by atoms with Crippen molar-refractivity contribution in [2.75, 3.05) is 65.8 Å². The van der Waals surface area contributed by atoms with Gasteiger partial charge in [0.2, 0.25) is 0 Å². The van der Waals surface area contributed by atoms with Crippen molar-refractivity contribution in [3.8, 4) is 0 Å². The van der Waals surface area contributed by atoms with Crippen LogP contribution in [0, 0.1) is 0 Å². The number of carbonyl (C=O) groups excluding carboxylic acids is 6. The molecule has 3 atom stereocenters. The number of carbonyl (C=O) groups is 6. The molecule has 0 radical (unpaired) electrons. The molecule has 0 saturated heterocycles. The van der Waals surface area contributed by atoms with Crippen molar-refractivity contribution in [3.05, 3.63) is 29.6 Å². The number of esters is 6. The Kier molecular flexibility index (Phi) is 22.0. The lowest BCUT2D eigenvalue weighted by Gasteiger charge is -2.37. The Labute approximate surface area is 319 Å². The molecule has 1 aromatic heterocycles. The van der Waals surface area contributed by atoms with E-state index in [2.05, 4.69) is 0 Å². The monoisotopic (exact) mass is 764 g/mol. The van der Waals surface area contributed by atoms with Gasteiger partial charge in [0, 0.05) is 58.5 Å². The fourth-order valence-corrected chi connectivity index (χ4v) is 6.28. The van der Waals surface area contributed by atoms with E-state index in [-0.39, 0.29) is 117 Å². The third-order valence-electron chi connectivity index (χ3n) is 8.72. The summed E-state index contributed by atoms with van der Waals surface area (Å²) >= 11 is 0. The molecule has 0 saturated carbocycles. The van der Waals surface area contributed by atoms with E-state index in [0.29, 0.717) is 11.4 Å². The van der Waals surface area contributed by atoms with Crippen molar-refractivity contribution in [2.45, 2.75) is 111 Å². The normalized spacial score (nSPS) is 16.0. The van der Waals surface area contributed by atoms with Gasteiger partial charge in [0.05, 0.1) is 51.0 Å². The van der Waals surface area contributed by atoms with Gasteiger partial charge in [-0.15, -0.1) is 0 Å². The van der Waals surface area contributed by atoms with E-state index < -0.39 is 53.9 Å². The Hall–Kier alpha value is -4.15. The maximum atomic E-state index is 13.6. The Morgan fingerprint density at radius 3 is 1.11 bits per heavy atom. The molecule has 0 aliphatic carbocycles. The highest BCUT2D eigenvalue weighted by Crippen LogP contribution is 2.21. The van der Waals surface area contributed by atoms with Crippen LogP contribution in [-0.2, 0) is 70.3 Å². The molecule has 0 aromatic carbocycles. The van der Waals surface area contributed by atoms with E-state index in [4.69, 9.17) is 33.4 Å². The molecule has 1 aliphatic rings. The van der Waals surface area contributed by atoms with Crippen LogP contribution in [0.3, 0.4) is 0 Å². The molecule has 1 aromatic rings. The molecule has 304 valence electrons. The van der Waals surface area contributed by atoms with Gasteiger partial charge in [0.1, 0.15) is 18.1 Å². The average molecular weight is 765 g/mol. The lowest BCUT2D eigenvalue weighted by atomic mass is 10.1. The molecule has 2 rings (SSSR count). The van der Waals surface area contributed by atoms with Gasteiger partial charge in [-0.1, -0.05) is 6.07 Å². The number of hydrogen-bond donors (Lipinski definition) is 0. The summed E-state index contributed by atoms with van der Waals surface area (Å²) in [5, 5.41) is 0. The van der Waals surface area contributed by atoms with Gasteiger partial charge in [-0.3, -0.25) is 48.5 Å². The van der Waals surface area contributed by atoms with Crippen LogP contribution in [0.4, 0.5) is 0 Å². The van der Waals surface area contributed by atoms with Crippen molar-refractivity contribution in [1.29, 1.82) is 0 Å².